The first kappa shape index (κ1) is 32.0. The number of hydrogen-bond acceptors (Lipinski definition) is 2. The maximum absolute atomic E-state index is 4.50. The molecule has 34 heavy (non-hydrogen) atoms. The number of rotatable bonds is 4. The molecule has 0 radical (unpaired) electrons. The number of hydrogen-bond donors (Lipinski definition) is 2. The predicted octanol–water partition coefficient (Wildman–Crippen LogP) is 10.5. The molecule has 3 aromatic rings. The van der Waals surface area contributed by atoms with Crippen molar-refractivity contribution in [1.29, 1.82) is 0 Å². The lowest BCUT2D eigenvalue weighted by Crippen LogP contribution is -1.84. The standard InChI is InChI=1S/C19H18S.C7H12.C3H8.C2H6.CH5N/c1-3-4-13(2)14-7-9-18-15(11-14)5-6-16-12-17(20)8-10-19(16)18;1-2-7-5-3-4-6-7;1-3-2;2*1-2/h5-12,20H,2-4H2,1H3;2,7H,1,3-6H2;3H2,1-2H3;1-2H3;2H2,1H3. The molecular weight excluding hydrogens is 430 g/mol. The molecule has 0 aromatic heterocycles. The number of benzene rings is 3. The number of fused-ring (bicyclic) bond motifs is 3. The molecule has 0 amide bonds. The monoisotopic (exact) mass is 479 g/mol. The van der Waals surface area contributed by atoms with Crippen LogP contribution in [0, 0.1) is 5.92 Å². The molecule has 4 rings (SSSR count). The second-order valence-corrected chi connectivity index (χ2v) is 8.76. The molecule has 0 spiro atoms. The highest BCUT2D eigenvalue weighted by atomic mass is 32.1. The van der Waals surface area contributed by atoms with Gasteiger partial charge in [0, 0.05) is 4.90 Å². The van der Waals surface area contributed by atoms with Gasteiger partial charge in [0.2, 0.25) is 0 Å². The SMILES string of the molecule is C=C(CCC)c1ccc2c(ccc3cc(S)ccc32)c1.C=CC1CCCC1.CC.CCC.CN. The highest BCUT2D eigenvalue weighted by Gasteiger charge is 2.09. The van der Waals surface area contributed by atoms with E-state index in [0.717, 1.165) is 23.7 Å². The van der Waals surface area contributed by atoms with Gasteiger partial charge in [-0.05, 0) is 83.1 Å². The van der Waals surface area contributed by atoms with E-state index in [9.17, 15) is 0 Å². The first-order valence-corrected chi connectivity index (χ1v) is 13.5. The number of allylic oxidation sites excluding steroid dienone is 2. The molecule has 1 fully saturated rings. The highest BCUT2D eigenvalue weighted by Crippen LogP contribution is 2.30. The van der Waals surface area contributed by atoms with E-state index in [1.807, 2.05) is 13.8 Å². The van der Waals surface area contributed by atoms with Crippen molar-refractivity contribution in [3.05, 3.63) is 73.3 Å². The Bertz CT molecular complexity index is 967. The third-order valence-electron chi connectivity index (χ3n) is 5.51. The lowest BCUT2D eigenvalue weighted by Gasteiger charge is -2.09. The minimum absolute atomic E-state index is 0.861. The van der Waals surface area contributed by atoms with Crippen LogP contribution in [0.1, 0.15) is 85.1 Å². The largest absolute Gasteiger partial charge is 0.333 e. The van der Waals surface area contributed by atoms with E-state index in [2.05, 4.69) is 107 Å². The average molecular weight is 480 g/mol. The Morgan fingerprint density at radius 1 is 0.912 bits per heavy atom. The van der Waals surface area contributed by atoms with E-state index in [1.165, 1.54) is 71.8 Å². The van der Waals surface area contributed by atoms with Gasteiger partial charge >= 0.3 is 0 Å². The van der Waals surface area contributed by atoms with Crippen LogP contribution in [0.5, 0.6) is 0 Å². The molecule has 1 aliphatic carbocycles. The van der Waals surface area contributed by atoms with E-state index < -0.39 is 0 Å². The molecule has 2 heteroatoms. The van der Waals surface area contributed by atoms with Crippen molar-refractivity contribution in [3.63, 3.8) is 0 Å². The fraction of sp³-hybridized carbons (Fsp3) is 0.438. The van der Waals surface area contributed by atoms with Gasteiger partial charge in [0.25, 0.3) is 0 Å². The van der Waals surface area contributed by atoms with Crippen molar-refractivity contribution in [3.8, 4) is 0 Å². The quantitative estimate of drug-likeness (QED) is 0.217. The zero-order valence-corrected chi connectivity index (χ0v) is 23.6. The van der Waals surface area contributed by atoms with Gasteiger partial charge in [-0.1, -0.05) is 103 Å². The molecule has 0 saturated heterocycles. The normalized spacial score (nSPS) is 12.1. The minimum atomic E-state index is 0.861. The summed E-state index contributed by atoms with van der Waals surface area (Å²) in [5, 5.41) is 5.10. The van der Waals surface area contributed by atoms with Crippen LogP contribution in [-0.2, 0) is 0 Å². The minimum Gasteiger partial charge on any atom is -0.333 e. The predicted molar refractivity (Wildman–Crippen MR) is 162 cm³/mol. The second kappa shape index (κ2) is 19.3. The molecule has 3 aromatic carbocycles. The van der Waals surface area contributed by atoms with Gasteiger partial charge in [-0.25, -0.2) is 0 Å². The van der Waals surface area contributed by atoms with Crippen molar-refractivity contribution in [2.45, 2.75) is 84.5 Å². The molecule has 0 unspecified atom stereocenters. The fourth-order valence-electron chi connectivity index (χ4n) is 3.92. The molecule has 0 aliphatic heterocycles. The Kier molecular flexibility index (Phi) is 18.1. The average Bonchev–Trinajstić information content (AvgIpc) is 3.41. The van der Waals surface area contributed by atoms with E-state index in [-0.39, 0.29) is 0 Å². The molecule has 2 N–H and O–H groups in total. The number of thiol groups is 1. The summed E-state index contributed by atoms with van der Waals surface area (Å²) in [5.41, 5.74) is 6.98. The van der Waals surface area contributed by atoms with Gasteiger partial charge in [-0.3, -0.25) is 0 Å². The zero-order valence-electron chi connectivity index (χ0n) is 22.7. The summed E-state index contributed by atoms with van der Waals surface area (Å²) < 4.78 is 0. The Hall–Kier alpha value is -2.03. The molecule has 188 valence electrons. The topological polar surface area (TPSA) is 26.0 Å². The Morgan fingerprint density at radius 3 is 1.88 bits per heavy atom. The van der Waals surface area contributed by atoms with Crippen LogP contribution in [0.4, 0.5) is 0 Å². The smallest absolute Gasteiger partial charge is 0.00463 e. The van der Waals surface area contributed by atoms with Crippen LogP contribution in [0.2, 0.25) is 0 Å². The first-order chi connectivity index (χ1) is 16.5. The van der Waals surface area contributed by atoms with Gasteiger partial charge in [-0.15, -0.1) is 19.2 Å². The number of nitrogens with two attached hydrogens (primary N) is 1. The van der Waals surface area contributed by atoms with Crippen LogP contribution >= 0.6 is 12.6 Å². The summed E-state index contributed by atoms with van der Waals surface area (Å²) in [6.07, 6.45) is 11.2. The highest BCUT2D eigenvalue weighted by molar-refractivity contribution is 7.80. The van der Waals surface area contributed by atoms with Gasteiger partial charge < -0.3 is 5.73 Å². The van der Waals surface area contributed by atoms with Gasteiger partial charge in [-0.2, -0.15) is 0 Å². The molecule has 1 saturated carbocycles. The third-order valence-corrected chi connectivity index (χ3v) is 5.79. The van der Waals surface area contributed by atoms with Crippen molar-refractivity contribution in [2.24, 2.45) is 11.7 Å². The summed E-state index contributed by atoms with van der Waals surface area (Å²) in [6, 6.07) is 17.3. The van der Waals surface area contributed by atoms with Gasteiger partial charge in [0.1, 0.15) is 0 Å². The molecule has 1 nitrogen and oxygen atoms in total. The van der Waals surface area contributed by atoms with Crippen LogP contribution in [-0.4, -0.2) is 7.05 Å². The summed E-state index contributed by atoms with van der Waals surface area (Å²) in [6.45, 7) is 18.4. The van der Waals surface area contributed by atoms with E-state index in [4.69, 9.17) is 0 Å². The van der Waals surface area contributed by atoms with Gasteiger partial charge in [0.15, 0.2) is 0 Å². The lowest BCUT2D eigenvalue weighted by molar-refractivity contribution is 0.688. The van der Waals surface area contributed by atoms with Gasteiger partial charge in [0.05, 0.1) is 0 Å². The lowest BCUT2D eigenvalue weighted by atomic mass is 9.96. The second-order valence-electron chi connectivity index (χ2n) is 8.25. The van der Waals surface area contributed by atoms with E-state index in [1.54, 1.807) is 0 Å². The first-order valence-electron chi connectivity index (χ1n) is 13.1. The Morgan fingerprint density at radius 2 is 1.41 bits per heavy atom. The van der Waals surface area contributed by atoms with Crippen molar-refractivity contribution in [2.75, 3.05) is 7.05 Å². The summed E-state index contributed by atoms with van der Waals surface area (Å²) >= 11 is 4.41. The zero-order chi connectivity index (χ0) is 25.9. The molecular formula is C32H49NS. The van der Waals surface area contributed by atoms with Crippen LogP contribution < -0.4 is 5.73 Å². The van der Waals surface area contributed by atoms with Crippen molar-refractivity contribution >= 4 is 39.7 Å². The summed E-state index contributed by atoms with van der Waals surface area (Å²) in [4.78, 5) is 1.00. The maximum atomic E-state index is 4.50. The maximum Gasteiger partial charge on any atom is 0.00463 e. The van der Waals surface area contributed by atoms with E-state index >= 15 is 0 Å². The van der Waals surface area contributed by atoms with Crippen LogP contribution in [0.3, 0.4) is 0 Å². The Labute approximate surface area is 215 Å². The van der Waals surface area contributed by atoms with Crippen LogP contribution in [0.25, 0.3) is 27.1 Å². The summed E-state index contributed by atoms with van der Waals surface area (Å²) in [7, 11) is 1.50. The van der Waals surface area contributed by atoms with Crippen molar-refractivity contribution in [1.82, 2.24) is 0 Å². The van der Waals surface area contributed by atoms with Crippen molar-refractivity contribution < 1.29 is 0 Å². The molecule has 1 aliphatic rings. The fourth-order valence-corrected chi connectivity index (χ4v) is 4.13. The van der Waals surface area contributed by atoms with E-state index in [0.29, 0.717) is 0 Å². The molecule has 0 bridgehead atoms. The summed E-state index contributed by atoms with van der Waals surface area (Å²) in [5.74, 6) is 0.861. The Balaban J connectivity index is 0.000000646. The van der Waals surface area contributed by atoms with Crippen LogP contribution in [0.15, 0.2) is 72.7 Å². The third kappa shape index (κ3) is 10.5. The molecule has 0 atom stereocenters. The molecule has 0 heterocycles.